The van der Waals surface area contributed by atoms with Crippen molar-refractivity contribution in [3.05, 3.63) is 65.7 Å². The molecule has 2 aromatic carbocycles. The van der Waals surface area contributed by atoms with Crippen molar-refractivity contribution in [2.75, 3.05) is 20.8 Å². The van der Waals surface area contributed by atoms with Gasteiger partial charge >= 0.3 is 5.97 Å². The van der Waals surface area contributed by atoms with Gasteiger partial charge in [0.05, 0.1) is 20.3 Å². The van der Waals surface area contributed by atoms with Crippen LogP contribution < -0.4 is 15.4 Å². The summed E-state index contributed by atoms with van der Waals surface area (Å²) in [7, 11) is 3.08. The van der Waals surface area contributed by atoms with Crippen LogP contribution in [-0.2, 0) is 9.53 Å². The molecule has 0 aliphatic rings. The van der Waals surface area contributed by atoms with Gasteiger partial charge in [0.15, 0.2) is 5.11 Å². The summed E-state index contributed by atoms with van der Waals surface area (Å²) in [6.45, 7) is 0.761. The molecule has 150 valence electrons. The van der Waals surface area contributed by atoms with Crippen LogP contribution in [0.2, 0.25) is 0 Å². The summed E-state index contributed by atoms with van der Waals surface area (Å²) in [4.78, 5) is 11.1. The summed E-state index contributed by atoms with van der Waals surface area (Å²) < 4.78 is 9.90. The second-order valence-electron chi connectivity index (χ2n) is 6.40. The highest BCUT2D eigenvalue weighted by molar-refractivity contribution is 7.80. The second-order valence-corrected chi connectivity index (χ2v) is 6.81. The first-order valence-corrected chi connectivity index (χ1v) is 9.85. The van der Waals surface area contributed by atoms with Crippen LogP contribution in [0.1, 0.15) is 42.9 Å². The largest absolute Gasteiger partial charge is 0.497 e. The van der Waals surface area contributed by atoms with E-state index in [0.29, 0.717) is 11.5 Å². The van der Waals surface area contributed by atoms with Crippen LogP contribution in [-0.4, -0.2) is 31.8 Å². The number of esters is 1. The molecular weight excluding hydrogens is 372 g/mol. The number of carbonyl (C=O) groups excluding carboxylic acids is 1. The third kappa shape index (κ3) is 7.19. The third-order valence-electron chi connectivity index (χ3n) is 4.43. The number of benzene rings is 2. The van der Waals surface area contributed by atoms with Gasteiger partial charge in [-0.25, -0.2) is 0 Å². The summed E-state index contributed by atoms with van der Waals surface area (Å²) in [5.41, 5.74) is 2.24. The number of hydrogen-bond donors (Lipinski definition) is 2. The molecule has 0 aliphatic carbocycles. The van der Waals surface area contributed by atoms with E-state index in [-0.39, 0.29) is 12.0 Å². The summed E-state index contributed by atoms with van der Waals surface area (Å²) in [6.07, 6.45) is 3.18. The molecule has 0 unspecified atom stereocenters. The Morgan fingerprint density at radius 1 is 0.964 bits per heavy atom. The number of nitrogens with one attached hydrogen (secondary N) is 2. The first-order valence-electron chi connectivity index (χ1n) is 9.44. The maximum absolute atomic E-state index is 11.1. The molecule has 2 rings (SSSR count). The van der Waals surface area contributed by atoms with Crippen molar-refractivity contribution in [3.8, 4) is 5.75 Å². The van der Waals surface area contributed by atoms with Gasteiger partial charge in [-0.1, -0.05) is 48.9 Å². The van der Waals surface area contributed by atoms with Crippen LogP contribution in [0.4, 0.5) is 0 Å². The monoisotopic (exact) mass is 400 g/mol. The van der Waals surface area contributed by atoms with Gasteiger partial charge < -0.3 is 20.1 Å². The highest BCUT2D eigenvalue weighted by Crippen LogP contribution is 2.24. The van der Waals surface area contributed by atoms with E-state index in [2.05, 4.69) is 27.5 Å². The molecule has 28 heavy (non-hydrogen) atoms. The minimum absolute atomic E-state index is 0.0496. The molecule has 0 saturated carbocycles. The molecule has 6 heteroatoms. The van der Waals surface area contributed by atoms with Crippen LogP contribution in [0.15, 0.2) is 54.6 Å². The number of thiocarbonyl (C=S) groups is 1. The molecule has 0 bridgehead atoms. The van der Waals surface area contributed by atoms with Gasteiger partial charge in [0.1, 0.15) is 5.75 Å². The third-order valence-corrected chi connectivity index (χ3v) is 4.69. The smallest absolute Gasteiger partial charge is 0.305 e. The summed E-state index contributed by atoms with van der Waals surface area (Å²) >= 11 is 5.50. The molecule has 0 radical (unpaired) electrons. The molecule has 0 fully saturated rings. The average molecular weight is 401 g/mol. The lowest BCUT2D eigenvalue weighted by atomic mass is 9.99. The van der Waals surface area contributed by atoms with Gasteiger partial charge in [0, 0.05) is 13.0 Å². The zero-order chi connectivity index (χ0) is 20.2. The first-order chi connectivity index (χ1) is 13.6. The molecular formula is C22H28N2O3S. The Morgan fingerprint density at radius 3 is 2.29 bits per heavy atom. The molecule has 0 heterocycles. The SMILES string of the molecule is COC(=O)CCCCCNC(=S)N[C@H](c1ccccc1)c1ccc(OC)cc1. The minimum Gasteiger partial charge on any atom is -0.497 e. The van der Waals surface area contributed by atoms with Gasteiger partial charge in [-0.15, -0.1) is 0 Å². The Kier molecular flexibility index (Phi) is 9.28. The predicted molar refractivity (Wildman–Crippen MR) is 115 cm³/mol. The highest BCUT2D eigenvalue weighted by Gasteiger charge is 2.15. The number of unbranched alkanes of at least 4 members (excludes halogenated alkanes) is 2. The van der Waals surface area contributed by atoms with Gasteiger partial charge in [-0.05, 0) is 48.3 Å². The van der Waals surface area contributed by atoms with Crippen molar-refractivity contribution in [2.45, 2.75) is 31.7 Å². The summed E-state index contributed by atoms with van der Waals surface area (Å²) in [5, 5.41) is 7.28. The van der Waals surface area contributed by atoms with Crippen LogP contribution in [0.25, 0.3) is 0 Å². The van der Waals surface area contributed by atoms with Crippen molar-refractivity contribution in [1.82, 2.24) is 10.6 Å². The van der Waals surface area contributed by atoms with Gasteiger partial charge in [-0.3, -0.25) is 4.79 Å². The molecule has 0 aliphatic heterocycles. The fourth-order valence-corrected chi connectivity index (χ4v) is 3.08. The van der Waals surface area contributed by atoms with Gasteiger partial charge in [0.2, 0.25) is 0 Å². The van der Waals surface area contributed by atoms with Crippen molar-refractivity contribution < 1.29 is 14.3 Å². The standard InChI is InChI=1S/C22H28N2O3S/c1-26-19-14-12-18(13-15-19)21(17-9-5-3-6-10-17)24-22(28)23-16-8-4-7-11-20(25)27-2/h3,5-6,9-10,12-15,21H,4,7-8,11,16H2,1-2H3,(H2,23,24,28)/t21-/m1/s1. The number of carbonyl (C=O) groups is 1. The predicted octanol–water partition coefficient (Wildman–Crippen LogP) is 3.98. The lowest BCUT2D eigenvalue weighted by molar-refractivity contribution is -0.140. The molecule has 2 aromatic rings. The number of ether oxygens (including phenoxy) is 2. The second kappa shape index (κ2) is 12.0. The number of hydrogen-bond acceptors (Lipinski definition) is 4. The molecule has 0 aromatic heterocycles. The fraction of sp³-hybridized carbons (Fsp3) is 0.364. The normalized spacial score (nSPS) is 11.4. The van der Waals surface area contributed by atoms with Crippen LogP contribution in [0, 0.1) is 0 Å². The topological polar surface area (TPSA) is 59.6 Å². The van der Waals surface area contributed by atoms with E-state index in [9.17, 15) is 4.79 Å². The van der Waals surface area contributed by atoms with Crippen molar-refractivity contribution in [3.63, 3.8) is 0 Å². The number of methoxy groups -OCH3 is 2. The Morgan fingerprint density at radius 2 is 1.64 bits per heavy atom. The van der Waals surface area contributed by atoms with Crippen molar-refractivity contribution >= 4 is 23.3 Å². The Hall–Kier alpha value is -2.60. The first kappa shape index (κ1) is 21.7. The highest BCUT2D eigenvalue weighted by atomic mass is 32.1. The minimum atomic E-state index is -0.157. The maximum atomic E-state index is 11.1. The van der Waals surface area contributed by atoms with E-state index in [0.717, 1.165) is 42.7 Å². The molecule has 1 atom stereocenters. The zero-order valence-electron chi connectivity index (χ0n) is 16.4. The van der Waals surface area contributed by atoms with Crippen molar-refractivity contribution in [2.24, 2.45) is 0 Å². The summed E-state index contributed by atoms with van der Waals surface area (Å²) in [5.74, 6) is 0.665. The van der Waals surface area contributed by atoms with Crippen LogP contribution in [0.3, 0.4) is 0 Å². The van der Waals surface area contributed by atoms with Crippen LogP contribution in [0.5, 0.6) is 5.75 Å². The van der Waals surface area contributed by atoms with Crippen molar-refractivity contribution in [1.29, 1.82) is 0 Å². The lowest BCUT2D eigenvalue weighted by Crippen LogP contribution is -2.38. The van der Waals surface area contributed by atoms with E-state index in [1.54, 1.807) is 7.11 Å². The molecule has 0 amide bonds. The van der Waals surface area contributed by atoms with Gasteiger partial charge in [0.25, 0.3) is 0 Å². The molecule has 0 spiro atoms. The number of rotatable bonds is 10. The van der Waals surface area contributed by atoms with E-state index in [4.69, 9.17) is 17.0 Å². The maximum Gasteiger partial charge on any atom is 0.305 e. The Balaban J connectivity index is 1.89. The quantitative estimate of drug-likeness (QED) is 0.357. The summed E-state index contributed by atoms with van der Waals surface area (Å²) in [6, 6.07) is 18.1. The molecule has 2 N–H and O–H groups in total. The zero-order valence-corrected chi connectivity index (χ0v) is 17.3. The average Bonchev–Trinajstić information content (AvgIpc) is 2.75. The lowest BCUT2D eigenvalue weighted by Gasteiger charge is -2.22. The molecule has 5 nitrogen and oxygen atoms in total. The van der Waals surface area contributed by atoms with E-state index in [1.165, 1.54) is 7.11 Å². The van der Waals surface area contributed by atoms with Crippen LogP contribution >= 0.6 is 12.2 Å². The van der Waals surface area contributed by atoms with Gasteiger partial charge in [-0.2, -0.15) is 0 Å². The van der Waals surface area contributed by atoms with E-state index >= 15 is 0 Å². The molecule has 0 saturated heterocycles. The van der Waals surface area contributed by atoms with E-state index < -0.39 is 0 Å². The van der Waals surface area contributed by atoms with E-state index in [1.807, 2.05) is 42.5 Å². The Bertz CT molecular complexity index is 735. The fourth-order valence-electron chi connectivity index (χ4n) is 2.86. The Labute approximate surface area is 172 Å².